The third-order valence-electron chi connectivity index (χ3n) is 4.90. The second-order valence-electron chi connectivity index (χ2n) is 6.74. The van der Waals surface area contributed by atoms with Crippen molar-refractivity contribution in [1.82, 2.24) is 19.6 Å². The van der Waals surface area contributed by atoms with E-state index in [1.165, 1.54) is 17.6 Å². The zero-order chi connectivity index (χ0) is 18.8. The average Bonchev–Trinajstić information content (AvgIpc) is 3.32. The summed E-state index contributed by atoms with van der Waals surface area (Å²) in [6.45, 7) is 3.13. The summed E-state index contributed by atoms with van der Waals surface area (Å²) in [6, 6.07) is 8.30. The normalized spacial score (nSPS) is 15.3. The summed E-state index contributed by atoms with van der Waals surface area (Å²) in [5.74, 6) is 0.541. The highest BCUT2D eigenvalue weighted by atomic mass is 32.1. The van der Waals surface area contributed by atoms with Crippen LogP contribution in [0.25, 0.3) is 10.6 Å². The Labute approximate surface area is 160 Å². The van der Waals surface area contributed by atoms with Crippen molar-refractivity contribution in [2.24, 2.45) is 0 Å². The van der Waals surface area contributed by atoms with Crippen LogP contribution in [0, 0.1) is 12.7 Å². The molecule has 1 aromatic carbocycles. The van der Waals surface area contributed by atoms with E-state index in [0.29, 0.717) is 24.4 Å². The fourth-order valence-electron chi connectivity index (χ4n) is 3.43. The van der Waals surface area contributed by atoms with E-state index >= 15 is 0 Å². The number of likely N-dealkylation sites (tertiary alicyclic amines) is 1. The van der Waals surface area contributed by atoms with E-state index in [1.54, 1.807) is 23.1 Å². The summed E-state index contributed by atoms with van der Waals surface area (Å²) in [5.41, 5.74) is 2.17. The van der Waals surface area contributed by atoms with Gasteiger partial charge in [-0.3, -0.25) is 4.79 Å². The van der Waals surface area contributed by atoms with Crippen LogP contribution in [0.15, 0.2) is 34.9 Å². The number of rotatable bonds is 4. The summed E-state index contributed by atoms with van der Waals surface area (Å²) >= 11 is 1.30. The largest absolute Gasteiger partial charge is 0.355 e. The first kappa shape index (κ1) is 17.8. The molecule has 0 N–H and O–H groups in total. The minimum Gasteiger partial charge on any atom is -0.355 e. The van der Waals surface area contributed by atoms with Gasteiger partial charge in [0.25, 0.3) is 0 Å². The van der Waals surface area contributed by atoms with Crippen LogP contribution in [0.2, 0.25) is 0 Å². The number of nitrogens with zero attached hydrogens (tertiary/aromatic N) is 4. The highest BCUT2D eigenvalue weighted by Gasteiger charge is 2.29. The van der Waals surface area contributed by atoms with Gasteiger partial charge in [-0.2, -0.15) is 0 Å². The number of carbonyl (C=O) groups is 1. The predicted octanol–water partition coefficient (Wildman–Crippen LogP) is 3.59. The lowest BCUT2D eigenvalue weighted by Gasteiger charge is -2.31. The molecule has 2 aromatic heterocycles. The highest BCUT2D eigenvalue weighted by Crippen LogP contribution is 2.36. The minimum atomic E-state index is -0.332. The van der Waals surface area contributed by atoms with Crippen LogP contribution in [0.1, 0.15) is 35.7 Å². The number of aryl methyl sites for hydroxylation is 1. The first-order chi connectivity index (χ1) is 13.1. The molecule has 0 radical (unpaired) electrons. The van der Waals surface area contributed by atoms with Gasteiger partial charge in [0.1, 0.15) is 10.7 Å². The molecule has 0 unspecified atom stereocenters. The summed E-state index contributed by atoms with van der Waals surface area (Å²) in [7, 11) is 0. The highest BCUT2D eigenvalue weighted by molar-refractivity contribution is 7.09. The molecule has 0 spiro atoms. The lowest BCUT2D eigenvalue weighted by Crippen LogP contribution is -2.39. The molecule has 6 nitrogen and oxygen atoms in total. The van der Waals surface area contributed by atoms with Crippen LogP contribution in [0.5, 0.6) is 0 Å². The summed E-state index contributed by atoms with van der Waals surface area (Å²) in [5, 5.41) is 8.24. The number of aromatic nitrogens is 3. The number of benzene rings is 1. The maximum Gasteiger partial charge on any atom is 0.227 e. The van der Waals surface area contributed by atoms with Gasteiger partial charge in [-0.1, -0.05) is 27.8 Å². The lowest BCUT2D eigenvalue weighted by molar-refractivity contribution is -0.131. The smallest absolute Gasteiger partial charge is 0.227 e. The first-order valence-electron chi connectivity index (χ1n) is 8.89. The molecule has 1 aliphatic rings. The maximum absolute atomic E-state index is 13.8. The van der Waals surface area contributed by atoms with E-state index in [1.807, 2.05) is 13.0 Å². The van der Waals surface area contributed by atoms with Gasteiger partial charge in [-0.15, -0.1) is 5.10 Å². The zero-order valence-corrected chi connectivity index (χ0v) is 15.7. The van der Waals surface area contributed by atoms with Crippen LogP contribution in [-0.2, 0) is 11.2 Å². The van der Waals surface area contributed by atoms with Gasteiger partial charge in [0.05, 0.1) is 17.8 Å². The van der Waals surface area contributed by atoms with Crippen LogP contribution < -0.4 is 0 Å². The molecule has 1 aliphatic heterocycles. The molecule has 1 saturated heterocycles. The second kappa shape index (κ2) is 7.56. The fraction of sp³-hybridized carbons (Fsp3) is 0.368. The van der Waals surface area contributed by atoms with Crippen molar-refractivity contribution < 1.29 is 13.7 Å². The number of amides is 1. The van der Waals surface area contributed by atoms with E-state index in [4.69, 9.17) is 4.52 Å². The van der Waals surface area contributed by atoms with Crippen molar-refractivity contribution in [3.63, 3.8) is 0 Å². The van der Waals surface area contributed by atoms with E-state index < -0.39 is 0 Å². The summed E-state index contributed by atoms with van der Waals surface area (Å²) in [6.07, 6.45) is 1.70. The van der Waals surface area contributed by atoms with Gasteiger partial charge < -0.3 is 9.42 Å². The fourth-order valence-corrected chi connectivity index (χ4v) is 4.12. The molecular formula is C19H19FN4O2S. The number of halogens is 1. The molecule has 8 heteroatoms. The van der Waals surface area contributed by atoms with Crippen molar-refractivity contribution in [2.75, 3.05) is 13.1 Å². The number of hydrogen-bond donors (Lipinski definition) is 0. The van der Waals surface area contributed by atoms with E-state index in [2.05, 4.69) is 14.7 Å². The third kappa shape index (κ3) is 3.75. The van der Waals surface area contributed by atoms with Gasteiger partial charge >= 0.3 is 0 Å². The van der Waals surface area contributed by atoms with E-state index in [9.17, 15) is 9.18 Å². The molecule has 1 fully saturated rings. The van der Waals surface area contributed by atoms with Gasteiger partial charge in [-0.05, 0) is 42.9 Å². The van der Waals surface area contributed by atoms with Crippen molar-refractivity contribution >= 4 is 17.4 Å². The Morgan fingerprint density at radius 2 is 2.11 bits per heavy atom. The van der Waals surface area contributed by atoms with Crippen molar-refractivity contribution in [2.45, 2.75) is 32.1 Å². The molecule has 0 bridgehead atoms. The topological polar surface area (TPSA) is 72.1 Å². The Kier molecular flexibility index (Phi) is 4.98. The molecule has 3 heterocycles. The van der Waals surface area contributed by atoms with Crippen molar-refractivity contribution in [3.8, 4) is 10.6 Å². The Balaban J connectivity index is 1.40. The molecular weight excluding hydrogens is 367 g/mol. The predicted molar refractivity (Wildman–Crippen MR) is 98.8 cm³/mol. The third-order valence-corrected chi connectivity index (χ3v) is 5.66. The number of hydrogen-bond acceptors (Lipinski definition) is 6. The van der Waals surface area contributed by atoms with Crippen LogP contribution in [0.3, 0.4) is 0 Å². The van der Waals surface area contributed by atoms with Crippen LogP contribution in [0.4, 0.5) is 4.39 Å². The number of carbonyl (C=O) groups excluding carboxylic acids is 1. The molecule has 3 aromatic rings. The number of piperidine rings is 1. The molecule has 0 atom stereocenters. The Morgan fingerprint density at radius 3 is 2.81 bits per heavy atom. The summed E-state index contributed by atoms with van der Waals surface area (Å²) < 4.78 is 23.2. The molecule has 0 aliphatic carbocycles. The first-order valence-corrected chi connectivity index (χ1v) is 9.66. The quantitative estimate of drug-likeness (QED) is 0.685. The van der Waals surface area contributed by atoms with Gasteiger partial charge in [-0.25, -0.2) is 4.39 Å². The monoisotopic (exact) mass is 386 g/mol. The molecule has 4 rings (SSSR count). The van der Waals surface area contributed by atoms with Crippen molar-refractivity contribution in [3.05, 3.63) is 53.1 Å². The lowest BCUT2D eigenvalue weighted by atomic mass is 9.92. The second-order valence-corrected chi connectivity index (χ2v) is 7.50. The standard InChI is InChI=1S/C19H19FN4O2S/c1-12-10-16(26-22-12)19-18(21-23-27-19)13-6-8-24(9-7-13)17(25)11-14-4-2-3-5-15(14)20/h2-5,10,13H,6-9,11H2,1H3. The maximum atomic E-state index is 13.8. The molecule has 0 saturated carbocycles. The van der Waals surface area contributed by atoms with E-state index in [0.717, 1.165) is 29.1 Å². The van der Waals surface area contributed by atoms with Crippen molar-refractivity contribution in [1.29, 1.82) is 0 Å². The molecule has 140 valence electrons. The molecule has 1 amide bonds. The minimum absolute atomic E-state index is 0.0407. The zero-order valence-electron chi connectivity index (χ0n) is 14.9. The van der Waals surface area contributed by atoms with Gasteiger partial charge in [0, 0.05) is 25.1 Å². The SMILES string of the molecule is Cc1cc(-c2snnc2C2CCN(C(=O)Cc3ccccc3F)CC2)on1. The van der Waals surface area contributed by atoms with Crippen LogP contribution >= 0.6 is 11.5 Å². The Hall–Kier alpha value is -2.61. The van der Waals surface area contributed by atoms with Gasteiger partial charge in [0.15, 0.2) is 5.76 Å². The summed E-state index contributed by atoms with van der Waals surface area (Å²) in [4.78, 5) is 15.2. The van der Waals surface area contributed by atoms with E-state index in [-0.39, 0.29) is 24.1 Å². The molecule has 27 heavy (non-hydrogen) atoms. The van der Waals surface area contributed by atoms with Gasteiger partial charge in [0.2, 0.25) is 5.91 Å². The Bertz CT molecular complexity index is 947. The average molecular weight is 386 g/mol. The van der Waals surface area contributed by atoms with Crippen LogP contribution in [-0.4, -0.2) is 38.6 Å². The Morgan fingerprint density at radius 1 is 1.33 bits per heavy atom.